The molecule has 0 unspecified atom stereocenters. The zero-order valence-electron chi connectivity index (χ0n) is 11.4. The van der Waals surface area contributed by atoms with Crippen LogP contribution < -0.4 is 0 Å². The summed E-state index contributed by atoms with van der Waals surface area (Å²) in [5, 5.41) is 19.0. The molecule has 0 amide bonds. The molecule has 1 atom stereocenters. The molecule has 2 aromatic carbocycles. The number of rotatable bonds is 6. The van der Waals surface area contributed by atoms with Gasteiger partial charge >= 0.3 is 0 Å². The van der Waals surface area contributed by atoms with E-state index in [-0.39, 0.29) is 24.4 Å². The summed E-state index contributed by atoms with van der Waals surface area (Å²) in [6.45, 7) is 0. The summed E-state index contributed by atoms with van der Waals surface area (Å²) in [5.74, 6) is -0.496. The fourth-order valence-corrected chi connectivity index (χ4v) is 1.99. The summed E-state index contributed by atoms with van der Waals surface area (Å²) in [6, 6.07) is 14.4. The Morgan fingerprint density at radius 1 is 0.905 bits per heavy atom. The zero-order chi connectivity index (χ0) is 15.2. The lowest BCUT2D eigenvalue weighted by atomic mass is 9.99. The number of aliphatic hydroxyl groups is 1. The highest BCUT2D eigenvalue weighted by Crippen LogP contribution is 2.14. The second-order valence-electron chi connectivity index (χ2n) is 4.75. The zero-order valence-corrected chi connectivity index (χ0v) is 11.4. The van der Waals surface area contributed by atoms with E-state index in [1.807, 2.05) is 6.07 Å². The van der Waals surface area contributed by atoms with Crippen LogP contribution in [0, 0.1) is 0 Å². The molecular weight excluding hydrogens is 268 g/mol. The smallest absolute Gasteiger partial charge is 0.191 e. The van der Waals surface area contributed by atoms with Gasteiger partial charge in [0.15, 0.2) is 11.6 Å². The van der Waals surface area contributed by atoms with Crippen LogP contribution in [0.2, 0.25) is 0 Å². The van der Waals surface area contributed by atoms with Crippen LogP contribution in [-0.4, -0.2) is 27.9 Å². The SMILES string of the molecule is O=C(CC[C@H](O)C(=O)c1ccc(O)cc1)c1ccccc1. The van der Waals surface area contributed by atoms with Crippen LogP contribution in [-0.2, 0) is 0 Å². The van der Waals surface area contributed by atoms with Crippen LogP contribution in [0.15, 0.2) is 54.6 Å². The lowest BCUT2D eigenvalue weighted by molar-refractivity contribution is 0.0715. The molecule has 108 valence electrons. The number of phenols is 1. The van der Waals surface area contributed by atoms with Crippen molar-refractivity contribution in [3.8, 4) is 5.75 Å². The van der Waals surface area contributed by atoms with E-state index in [9.17, 15) is 14.7 Å². The maximum Gasteiger partial charge on any atom is 0.191 e. The van der Waals surface area contributed by atoms with Gasteiger partial charge in [-0.15, -0.1) is 0 Å². The van der Waals surface area contributed by atoms with Crippen LogP contribution in [0.5, 0.6) is 5.75 Å². The fourth-order valence-electron chi connectivity index (χ4n) is 1.99. The Labute approximate surface area is 122 Å². The number of benzene rings is 2. The third-order valence-electron chi connectivity index (χ3n) is 3.20. The maximum absolute atomic E-state index is 12.0. The standard InChI is InChI=1S/C17H16O4/c18-14-8-6-13(7-9-14)17(21)16(20)11-10-15(19)12-4-2-1-3-5-12/h1-9,16,18,20H,10-11H2/t16-/m0/s1. The summed E-state index contributed by atoms with van der Waals surface area (Å²) >= 11 is 0. The highest BCUT2D eigenvalue weighted by molar-refractivity contribution is 6.00. The molecule has 0 saturated carbocycles. The quantitative estimate of drug-likeness (QED) is 0.800. The fraction of sp³-hybridized carbons (Fsp3) is 0.176. The van der Waals surface area contributed by atoms with Crippen molar-refractivity contribution < 1.29 is 19.8 Å². The Bertz CT molecular complexity index is 617. The van der Waals surface area contributed by atoms with Gasteiger partial charge in [0, 0.05) is 17.5 Å². The van der Waals surface area contributed by atoms with Gasteiger partial charge in [0.05, 0.1) is 0 Å². The minimum absolute atomic E-state index is 0.0558. The highest BCUT2D eigenvalue weighted by Gasteiger charge is 2.18. The van der Waals surface area contributed by atoms with E-state index in [1.165, 1.54) is 24.3 Å². The molecule has 4 heteroatoms. The van der Waals surface area contributed by atoms with E-state index >= 15 is 0 Å². The van der Waals surface area contributed by atoms with Gasteiger partial charge in [-0.2, -0.15) is 0 Å². The van der Waals surface area contributed by atoms with Gasteiger partial charge in [0.2, 0.25) is 0 Å². The predicted molar refractivity (Wildman–Crippen MR) is 78.5 cm³/mol. The molecule has 0 fully saturated rings. The van der Waals surface area contributed by atoms with Crippen molar-refractivity contribution in [1.82, 2.24) is 0 Å². The maximum atomic E-state index is 12.0. The van der Waals surface area contributed by atoms with Crippen LogP contribution in [0.3, 0.4) is 0 Å². The Balaban J connectivity index is 1.92. The van der Waals surface area contributed by atoms with Gasteiger partial charge in [-0.05, 0) is 30.7 Å². The highest BCUT2D eigenvalue weighted by atomic mass is 16.3. The second kappa shape index (κ2) is 6.81. The average Bonchev–Trinajstić information content (AvgIpc) is 2.53. The van der Waals surface area contributed by atoms with Gasteiger partial charge in [-0.1, -0.05) is 30.3 Å². The van der Waals surface area contributed by atoms with Crippen molar-refractivity contribution in [3.05, 3.63) is 65.7 Å². The first-order chi connectivity index (χ1) is 10.1. The number of ketones is 2. The molecule has 0 spiro atoms. The summed E-state index contributed by atoms with van der Waals surface area (Å²) in [7, 11) is 0. The Hall–Kier alpha value is -2.46. The van der Waals surface area contributed by atoms with Gasteiger partial charge < -0.3 is 10.2 Å². The Morgan fingerprint density at radius 2 is 1.52 bits per heavy atom. The summed E-state index contributed by atoms with van der Waals surface area (Å²) in [6.07, 6.45) is -1.04. The van der Waals surface area contributed by atoms with Crippen molar-refractivity contribution in [2.45, 2.75) is 18.9 Å². The molecule has 0 heterocycles. The molecular formula is C17H16O4. The number of phenolic OH excluding ortho intramolecular Hbond substituents is 1. The van der Waals surface area contributed by atoms with E-state index in [0.717, 1.165) is 0 Å². The molecule has 2 rings (SSSR count). The molecule has 4 nitrogen and oxygen atoms in total. The Morgan fingerprint density at radius 3 is 2.14 bits per heavy atom. The average molecular weight is 284 g/mol. The van der Waals surface area contributed by atoms with Crippen LogP contribution in [0.4, 0.5) is 0 Å². The second-order valence-corrected chi connectivity index (χ2v) is 4.75. The van der Waals surface area contributed by atoms with Crippen LogP contribution in [0.25, 0.3) is 0 Å². The van der Waals surface area contributed by atoms with Gasteiger partial charge in [-0.3, -0.25) is 9.59 Å². The lowest BCUT2D eigenvalue weighted by Gasteiger charge is -2.09. The number of hydrogen-bond donors (Lipinski definition) is 2. The van der Waals surface area contributed by atoms with Gasteiger partial charge in [0.1, 0.15) is 11.9 Å². The van der Waals surface area contributed by atoms with Crippen molar-refractivity contribution >= 4 is 11.6 Å². The van der Waals surface area contributed by atoms with E-state index in [1.54, 1.807) is 24.3 Å². The number of aliphatic hydroxyl groups excluding tert-OH is 1. The van der Waals surface area contributed by atoms with E-state index in [4.69, 9.17) is 5.11 Å². The number of Topliss-reactive ketones (excluding diaryl/α,β-unsaturated/α-hetero) is 2. The number of aromatic hydroxyl groups is 1. The van der Waals surface area contributed by atoms with E-state index in [2.05, 4.69) is 0 Å². The molecule has 0 aliphatic rings. The van der Waals surface area contributed by atoms with Crippen LogP contribution >= 0.6 is 0 Å². The van der Waals surface area contributed by atoms with E-state index in [0.29, 0.717) is 11.1 Å². The molecule has 2 aromatic rings. The topological polar surface area (TPSA) is 74.6 Å². The molecule has 21 heavy (non-hydrogen) atoms. The van der Waals surface area contributed by atoms with E-state index < -0.39 is 11.9 Å². The molecule has 0 aliphatic carbocycles. The van der Waals surface area contributed by atoms with Crippen molar-refractivity contribution in [1.29, 1.82) is 0 Å². The summed E-state index contributed by atoms with van der Waals surface area (Å²) in [4.78, 5) is 23.9. The normalized spacial score (nSPS) is 11.9. The third-order valence-corrected chi connectivity index (χ3v) is 3.20. The molecule has 0 aromatic heterocycles. The number of hydrogen-bond acceptors (Lipinski definition) is 4. The van der Waals surface area contributed by atoms with Crippen LogP contribution in [0.1, 0.15) is 33.6 Å². The Kier molecular flexibility index (Phi) is 4.85. The first kappa shape index (κ1) is 14.9. The lowest BCUT2D eigenvalue weighted by Crippen LogP contribution is -2.21. The minimum atomic E-state index is -1.22. The van der Waals surface area contributed by atoms with Crippen molar-refractivity contribution in [3.63, 3.8) is 0 Å². The first-order valence-electron chi connectivity index (χ1n) is 6.67. The van der Waals surface area contributed by atoms with Crippen molar-refractivity contribution in [2.24, 2.45) is 0 Å². The number of carbonyl (C=O) groups excluding carboxylic acids is 2. The third kappa shape index (κ3) is 4.00. The molecule has 0 radical (unpaired) electrons. The largest absolute Gasteiger partial charge is 0.508 e. The molecule has 0 saturated heterocycles. The predicted octanol–water partition coefficient (Wildman–Crippen LogP) is 2.60. The van der Waals surface area contributed by atoms with Crippen molar-refractivity contribution in [2.75, 3.05) is 0 Å². The minimum Gasteiger partial charge on any atom is -0.508 e. The summed E-state index contributed by atoms with van der Waals surface area (Å²) in [5.41, 5.74) is 0.884. The van der Waals surface area contributed by atoms with Gasteiger partial charge in [-0.25, -0.2) is 0 Å². The number of carbonyl (C=O) groups is 2. The summed E-state index contributed by atoms with van der Waals surface area (Å²) < 4.78 is 0. The molecule has 2 N–H and O–H groups in total. The monoisotopic (exact) mass is 284 g/mol. The molecule has 0 aliphatic heterocycles. The van der Waals surface area contributed by atoms with Gasteiger partial charge in [0.25, 0.3) is 0 Å². The first-order valence-corrected chi connectivity index (χ1v) is 6.67. The molecule has 0 bridgehead atoms.